The number of halogens is 2. The molecule has 0 aliphatic rings. The summed E-state index contributed by atoms with van der Waals surface area (Å²) in [7, 11) is -8.56. The molecule has 0 bridgehead atoms. The van der Waals surface area contributed by atoms with E-state index in [1.807, 2.05) is 0 Å². The van der Waals surface area contributed by atoms with Crippen molar-refractivity contribution in [2.75, 3.05) is 0 Å². The summed E-state index contributed by atoms with van der Waals surface area (Å²) >= 11 is 5.54. The quantitative estimate of drug-likeness (QED) is 0.778. The van der Waals surface area contributed by atoms with Gasteiger partial charge in [0.1, 0.15) is 10.7 Å². The highest BCUT2D eigenvalue weighted by Crippen LogP contribution is 2.18. The van der Waals surface area contributed by atoms with E-state index < -0.39 is 30.8 Å². The Kier molecular flexibility index (Phi) is 5.07. The van der Waals surface area contributed by atoms with E-state index in [1.54, 1.807) is 28.7 Å². The molecule has 2 aromatic carbocycles. The molecule has 0 heterocycles. The van der Waals surface area contributed by atoms with E-state index in [2.05, 4.69) is 0 Å². The van der Waals surface area contributed by atoms with Crippen LogP contribution in [-0.4, -0.2) is 16.8 Å². The van der Waals surface area contributed by atoms with E-state index in [4.69, 9.17) is 11.6 Å². The first kappa shape index (κ1) is 17.8. The van der Waals surface area contributed by atoms with Crippen LogP contribution in [0.1, 0.15) is 5.56 Å². The summed E-state index contributed by atoms with van der Waals surface area (Å²) in [6.45, 7) is 1.77. The Hall–Kier alpha value is -1.52. The van der Waals surface area contributed by atoms with Crippen LogP contribution in [0.15, 0.2) is 52.3 Å². The van der Waals surface area contributed by atoms with Gasteiger partial charge >= 0.3 is 0 Å². The van der Waals surface area contributed by atoms with Gasteiger partial charge in [-0.25, -0.2) is 21.2 Å². The molecular formula is C13H12ClFN2O4S2. The van der Waals surface area contributed by atoms with Crippen LogP contribution in [-0.2, 0) is 20.0 Å². The molecule has 6 nitrogen and oxygen atoms in total. The summed E-state index contributed by atoms with van der Waals surface area (Å²) in [5.41, 5.74) is 0.841. The number of benzene rings is 2. The number of nitrogens with one attached hydrogen (secondary N) is 2. The normalized spacial score (nSPS) is 12.3. The Bertz CT molecular complexity index is 929. The fourth-order valence-electron chi connectivity index (χ4n) is 1.63. The predicted molar refractivity (Wildman–Crippen MR) is 83.2 cm³/mol. The van der Waals surface area contributed by atoms with E-state index in [1.165, 1.54) is 18.2 Å². The van der Waals surface area contributed by atoms with Gasteiger partial charge in [-0.05, 0) is 37.3 Å². The molecule has 124 valence electrons. The van der Waals surface area contributed by atoms with Gasteiger partial charge in [-0.3, -0.25) is 0 Å². The van der Waals surface area contributed by atoms with E-state index in [0.29, 0.717) is 0 Å². The molecule has 0 aliphatic carbocycles. The van der Waals surface area contributed by atoms with Gasteiger partial charge in [0.2, 0.25) is 0 Å². The molecule has 0 aromatic heterocycles. The molecule has 0 atom stereocenters. The molecule has 2 N–H and O–H groups in total. The molecule has 2 aromatic rings. The monoisotopic (exact) mass is 378 g/mol. The molecule has 10 heteroatoms. The van der Waals surface area contributed by atoms with Crippen LogP contribution in [0.25, 0.3) is 0 Å². The van der Waals surface area contributed by atoms with Crippen molar-refractivity contribution in [3.8, 4) is 0 Å². The Balaban J connectivity index is 2.23. The van der Waals surface area contributed by atoms with Crippen LogP contribution in [0.4, 0.5) is 4.39 Å². The molecule has 0 unspecified atom stereocenters. The van der Waals surface area contributed by atoms with Crippen LogP contribution in [0.2, 0.25) is 5.02 Å². The molecule has 0 aliphatic heterocycles. The lowest BCUT2D eigenvalue weighted by Crippen LogP contribution is -2.41. The molecule has 0 saturated carbocycles. The SMILES string of the molecule is Cc1ccc(S(=O)(=O)NNS(=O)(=O)c2ccc(Cl)cc2F)cc1. The third kappa shape index (κ3) is 4.27. The second kappa shape index (κ2) is 6.54. The number of hydrogen-bond donors (Lipinski definition) is 2. The van der Waals surface area contributed by atoms with Gasteiger partial charge in [-0.1, -0.05) is 29.3 Å². The maximum Gasteiger partial charge on any atom is 0.257 e. The molecule has 0 fully saturated rings. The number of aryl methyl sites for hydroxylation is 1. The average molecular weight is 379 g/mol. The first-order chi connectivity index (χ1) is 10.6. The highest BCUT2D eigenvalue weighted by molar-refractivity contribution is 7.92. The van der Waals surface area contributed by atoms with Gasteiger partial charge in [0, 0.05) is 5.02 Å². The van der Waals surface area contributed by atoms with Crippen molar-refractivity contribution < 1.29 is 21.2 Å². The lowest BCUT2D eigenvalue weighted by molar-refractivity contribution is 0.544. The molecule has 0 amide bonds. The molecule has 0 spiro atoms. The maximum absolute atomic E-state index is 13.7. The van der Waals surface area contributed by atoms with Crippen molar-refractivity contribution >= 4 is 31.6 Å². The van der Waals surface area contributed by atoms with Crippen LogP contribution >= 0.6 is 11.6 Å². The van der Waals surface area contributed by atoms with Crippen molar-refractivity contribution in [1.29, 1.82) is 0 Å². The summed E-state index contributed by atoms with van der Waals surface area (Å²) in [5, 5.41) is 0.0155. The minimum Gasteiger partial charge on any atom is -0.206 e. The van der Waals surface area contributed by atoms with Crippen LogP contribution in [0.3, 0.4) is 0 Å². The van der Waals surface area contributed by atoms with Gasteiger partial charge < -0.3 is 0 Å². The largest absolute Gasteiger partial charge is 0.257 e. The van der Waals surface area contributed by atoms with Crippen molar-refractivity contribution in [2.45, 2.75) is 16.7 Å². The topological polar surface area (TPSA) is 92.3 Å². The van der Waals surface area contributed by atoms with E-state index in [0.717, 1.165) is 17.7 Å². The average Bonchev–Trinajstić information content (AvgIpc) is 2.45. The second-order valence-corrected chi connectivity index (χ2v) is 8.37. The van der Waals surface area contributed by atoms with E-state index >= 15 is 0 Å². The zero-order chi connectivity index (χ0) is 17.3. The summed E-state index contributed by atoms with van der Waals surface area (Å²) in [6, 6.07) is 8.66. The molecule has 2 rings (SSSR count). The van der Waals surface area contributed by atoms with Crippen molar-refractivity contribution in [2.24, 2.45) is 0 Å². The number of rotatable bonds is 5. The Morgan fingerprint density at radius 2 is 1.48 bits per heavy atom. The Morgan fingerprint density at radius 3 is 2.04 bits per heavy atom. The highest BCUT2D eigenvalue weighted by Gasteiger charge is 2.22. The van der Waals surface area contributed by atoms with E-state index in [9.17, 15) is 21.2 Å². The third-order valence-electron chi connectivity index (χ3n) is 2.83. The lowest BCUT2D eigenvalue weighted by Gasteiger charge is -2.10. The van der Waals surface area contributed by atoms with Gasteiger partial charge in [0.15, 0.2) is 0 Å². The molecule has 0 radical (unpaired) electrons. The van der Waals surface area contributed by atoms with Crippen LogP contribution < -0.4 is 9.66 Å². The Labute approximate surface area is 138 Å². The van der Waals surface area contributed by atoms with Gasteiger partial charge in [0.05, 0.1) is 4.90 Å². The molecule has 0 saturated heterocycles. The van der Waals surface area contributed by atoms with Gasteiger partial charge in [-0.2, -0.15) is 0 Å². The summed E-state index contributed by atoms with van der Waals surface area (Å²) in [6.07, 6.45) is 0. The predicted octanol–water partition coefficient (Wildman–Crippen LogP) is 1.96. The smallest absolute Gasteiger partial charge is 0.206 e. The summed E-state index contributed by atoms with van der Waals surface area (Å²) in [5.74, 6) is -1.10. The molecular weight excluding hydrogens is 367 g/mol. The van der Waals surface area contributed by atoms with Gasteiger partial charge in [0.25, 0.3) is 20.0 Å². The van der Waals surface area contributed by atoms with Crippen LogP contribution in [0, 0.1) is 12.7 Å². The number of sulfonamides is 2. The standard InChI is InChI=1S/C13H12ClFN2O4S2/c1-9-2-5-11(6-3-9)22(18,19)16-17-23(20,21)13-7-4-10(14)8-12(13)15/h2-8,16-17H,1H3. The second-order valence-electron chi connectivity index (χ2n) is 4.60. The first-order valence-corrected chi connectivity index (χ1v) is 9.51. The zero-order valence-corrected chi connectivity index (χ0v) is 14.1. The first-order valence-electron chi connectivity index (χ1n) is 6.17. The fourth-order valence-corrected chi connectivity index (χ4v) is 3.96. The maximum atomic E-state index is 13.7. The highest BCUT2D eigenvalue weighted by atomic mass is 35.5. The third-order valence-corrected chi connectivity index (χ3v) is 5.73. The van der Waals surface area contributed by atoms with Crippen molar-refractivity contribution in [3.63, 3.8) is 0 Å². The van der Waals surface area contributed by atoms with Gasteiger partial charge in [-0.15, -0.1) is 9.66 Å². The minimum absolute atomic E-state index is 0.0155. The lowest BCUT2D eigenvalue weighted by atomic mass is 10.2. The number of hydrogen-bond acceptors (Lipinski definition) is 4. The molecule has 23 heavy (non-hydrogen) atoms. The number of hydrazine groups is 1. The van der Waals surface area contributed by atoms with Crippen LogP contribution in [0.5, 0.6) is 0 Å². The Morgan fingerprint density at radius 1 is 0.913 bits per heavy atom. The van der Waals surface area contributed by atoms with Crippen molar-refractivity contribution in [3.05, 3.63) is 58.9 Å². The minimum atomic E-state index is -4.43. The zero-order valence-electron chi connectivity index (χ0n) is 11.7. The fraction of sp³-hybridized carbons (Fsp3) is 0.0769. The summed E-state index contributed by atoms with van der Waals surface area (Å²) < 4.78 is 61.6. The summed E-state index contributed by atoms with van der Waals surface area (Å²) in [4.78, 5) is 2.49. The van der Waals surface area contributed by atoms with Crippen molar-refractivity contribution in [1.82, 2.24) is 9.66 Å². The van der Waals surface area contributed by atoms with E-state index in [-0.39, 0.29) is 9.92 Å².